The minimum absolute atomic E-state index is 0.199. The van der Waals surface area contributed by atoms with Gasteiger partial charge in [0, 0.05) is 29.7 Å². The minimum atomic E-state index is -0.437. The molecule has 8 heteroatoms. The Kier molecular flexibility index (Phi) is 4.58. The molecule has 2 aromatic heterocycles. The van der Waals surface area contributed by atoms with E-state index < -0.39 is 6.03 Å². The topological polar surface area (TPSA) is 119 Å². The molecular weight excluding hydrogens is 320 g/mol. The molecule has 3 aromatic rings. The lowest BCUT2D eigenvalue weighted by atomic mass is 10.2. The van der Waals surface area contributed by atoms with Gasteiger partial charge in [0.05, 0.1) is 11.3 Å². The van der Waals surface area contributed by atoms with Crippen LogP contribution in [0.3, 0.4) is 0 Å². The molecule has 0 spiro atoms. The molecule has 0 fully saturated rings. The summed E-state index contributed by atoms with van der Waals surface area (Å²) in [5, 5.41) is 8.94. The number of hydrogen-bond acceptors (Lipinski definition) is 6. The van der Waals surface area contributed by atoms with Crippen molar-refractivity contribution >= 4 is 23.6 Å². The Labute approximate surface area is 143 Å². The first-order valence-electron chi connectivity index (χ1n) is 7.29. The van der Waals surface area contributed by atoms with Crippen LogP contribution in [-0.4, -0.2) is 21.2 Å². The summed E-state index contributed by atoms with van der Waals surface area (Å²) in [7, 11) is 0. The van der Waals surface area contributed by atoms with Gasteiger partial charge in [0.1, 0.15) is 0 Å². The summed E-state index contributed by atoms with van der Waals surface area (Å²) >= 11 is 0. The number of benzene rings is 1. The zero-order valence-corrected chi connectivity index (χ0v) is 13.3. The van der Waals surface area contributed by atoms with Crippen molar-refractivity contribution in [2.75, 3.05) is 16.4 Å². The Morgan fingerprint density at radius 3 is 2.60 bits per heavy atom. The second-order valence-electron chi connectivity index (χ2n) is 5.07. The maximum Gasteiger partial charge on any atom is 0.326 e. The minimum Gasteiger partial charge on any atom is -0.368 e. The average molecular weight is 334 g/mol. The number of nitrogens with zero attached hydrogens (tertiary/aromatic N) is 3. The number of amides is 2. The highest BCUT2D eigenvalue weighted by Gasteiger charge is 2.06. The largest absolute Gasteiger partial charge is 0.368 e. The van der Waals surface area contributed by atoms with Crippen LogP contribution < -0.4 is 16.4 Å². The second-order valence-corrected chi connectivity index (χ2v) is 5.07. The number of hydrogen-bond donors (Lipinski definition) is 3. The van der Waals surface area contributed by atoms with Gasteiger partial charge < -0.3 is 15.6 Å². The van der Waals surface area contributed by atoms with Crippen LogP contribution >= 0.6 is 0 Å². The zero-order chi connectivity index (χ0) is 17.6. The van der Waals surface area contributed by atoms with Crippen molar-refractivity contribution in [3.05, 3.63) is 59.5 Å². The molecule has 3 rings (SSSR count). The summed E-state index contributed by atoms with van der Waals surface area (Å²) in [6.45, 7) is 1.76. The van der Waals surface area contributed by atoms with Crippen LogP contribution in [0.2, 0.25) is 0 Å². The predicted octanol–water partition coefficient (Wildman–Crippen LogP) is 2.40. The van der Waals surface area contributed by atoms with Crippen molar-refractivity contribution in [1.82, 2.24) is 15.1 Å². The van der Waals surface area contributed by atoms with Gasteiger partial charge in [0.15, 0.2) is 0 Å². The standard InChI is InChI=1S/C17H14N6O2/c1-11-7-15(25-23-11)22-17(24)21-14-4-2-3-12(8-14)5-6-13-9-19-16(18)20-10-13/h2-4,7-10H,1H3,(H2,18,19,20)(H2,21,22,24). The first-order valence-corrected chi connectivity index (χ1v) is 7.29. The third-order valence-electron chi connectivity index (χ3n) is 3.01. The van der Waals surface area contributed by atoms with Gasteiger partial charge in [-0.2, -0.15) is 0 Å². The van der Waals surface area contributed by atoms with E-state index in [0.29, 0.717) is 16.9 Å². The number of nitrogens with two attached hydrogens (primary N) is 1. The van der Waals surface area contributed by atoms with Crippen LogP contribution in [0, 0.1) is 18.8 Å². The molecule has 0 radical (unpaired) electrons. The van der Waals surface area contributed by atoms with E-state index in [4.69, 9.17) is 10.3 Å². The van der Waals surface area contributed by atoms with E-state index in [9.17, 15) is 4.79 Å². The number of nitrogens with one attached hydrogen (secondary N) is 2. The van der Waals surface area contributed by atoms with Crippen LogP contribution in [0.5, 0.6) is 0 Å². The quantitative estimate of drug-likeness (QED) is 0.619. The maximum absolute atomic E-state index is 11.9. The van der Waals surface area contributed by atoms with Crippen molar-refractivity contribution in [1.29, 1.82) is 0 Å². The smallest absolute Gasteiger partial charge is 0.326 e. The molecule has 0 aliphatic heterocycles. The van der Waals surface area contributed by atoms with Crippen LogP contribution in [-0.2, 0) is 0 Å². The average Bonchev–Trinajstić information content (AvgIpc) is 2.99. The second kappa shape index (κ2) is 7.14. The number of rotatable bonds is 2. The van der Waals surface area contributed by atoms with Crippen LogP contribution in [0.15, 0.2) is 47.2 Å². The summed E-state index contributed by atoms with van der Waals surface area (Å²) in [5.41, 5.74) is 8.07. The normalized spacial score (nSPS) is 9.80. The number of carbonyl (C=O) groups is 1. The fourth-order valence-electron chi connectivity index (χ4n) is 1.92. The predicted molar refractivity (Wildman–Crippen MR) is 92.7 cm³/mol. The van der Waals surface area contributed by atoms with Crippen molar-refractivity contribution in [3.63, 3.8) is 0 Å². The molecule has 0 aliphatic carbocycles. The Morgan fingerprint density at radius 1 is 1.12 bits per heavy atom. The van der Waals surface area contributed by atoms with Crippen molar-refractivity contribution in [3.8, 4) is 11.8 Å². The molecule has 1 aromatic carbocycles. The molecule has 0 aliphatic rings. The zero-order valence-electron chi connectivity index (χ0n) is 13.3. The molecule has 2 heterocycles. The van der Waals surface area contributed by atoms with E-state index in [1.807, 2.05) is 6.07 Å². The van der Waals surface area contributed by atoms with E-state index in [1.165, 1.54) is 0 Å². The van der Waals surface area contributed by atoms with Gasteiger partial charge in [-0.15, -0.1) is 0 Å². The number of aromatic nitrogens is 3. The SMILES string of the molecule is Cc1cc(NC(=O)Nc2cccc(C#Cc3cnc(N)nc3)c2)on1. The Bertz CT molecular complexity index is 953. The van der Waals surface area contributed by atoms with E-state index in [-0.39, 0.29) is 11.8 Å². The van der Waals surface area contributed by atoms with Crippen molar-refractivity contribution in [2.45, 2.75) is 6.92 Å². The van der Waals surface area contributed by atoms with E-state index in [1.54, 1.807) is 43.6 Å². The molecule has 124 valence electrons. The molecule has 0 bridgehead atoms. The lowest BCUT2D eigenvalue weighted by Gasteiger charge is -2.05. The van der Waals surface area contributed by atoms with E-state index >= 15 is 0 Å². The molecular formula is C17H14N6O2. The van der Waals surface area contributed by atoms with Crippen LogP contribution in [0.1, 0.15) is 16.8 Å². The fourth-order valence-corrected chi connectivity index (χ4v) is 1.92. The van der Waals surface area contributed by atoms with Gasteiger partial charge in [-0.3, -0.25) is 5.32 Å². The summed E-state index contributed by atoms with van der Waals surface area (Å²) < 4.78 is 4.93. The monoisotopic (exact) mass is 334 g/mol. The lowest BCUT2D eigenvalue weighted by molar-refractivity contribution is 0.261. The number of aryl methyl sites for hydroxylation is 1. The molecule has 2 amide bonds. The van der Waals surface area contributed by atoms with Gasteiger partial charge in [0.2, 0.25) is 11.8 Å². The molecule has 0 saturated heterocycles. The van der Waals surface area contributed by atoms with Gasteiger partial charge in [0.25, 0.3) is 0 Å². The number of carbonyl (C=O) groups excluding carboxylic acids is 1. The summed E-state index contributed by atoms with van der Waals surface area (Å²) in [6.07, 6.45) is 3.09. The lowest BCUT2D eigenvalue weighted by Crippen LogP contribution is -2.19. The molecule has 0 unspecified atom stereocenters. The Hall–Kier alpha value is -3.86. The number of urea groups is 1. The summed E-state index contributed by atoms with van der Waals surface area (Å²) in [6, 6.07) is 8.30. The fraction of sp³-hybridized carbons (Fsp3) is 0.0588. The van der Waals surface area contributed by atoms with Gasteiger partial charge in [-0.25, -0.2) is 14.8 Å². The van der Waals surface area contributed by atoms with Gasteiger partial charge in [-0.1, -0.05) is 23.1 Å². The van der Waals surface area contributed by atoms with Crippen LogP contribution in [0.25, 0.3) is 0 Å². The number of anilines is 3. The number of nitrogen functional groups attached to an aromatic ring is 1. The van der Waals surface area contributed by atoms with Crippen LogP contribution in [0.4, 0.5) is 22.3 Å². The van der Waals surface area contributed by atoms with Crippen molar-refractivity contribution in [2.24, 2.45) is 0 Å². The summed E-state index contributed by atoms with van der Waals surface area (Å²) in [5.74, 6) is 6.38. The van der Waals surface area contributed by atoms with Gasteiger partial charge >= 0.3 is 6.03 Å². The van der Waals surface area contributed by atoms with E-state index in [2.05, 4.69) is 37.6 Å². The molecule has 4 N–H and O–H groups in total. The van der Waals surface area contributed by atoms with E-state index in [0.717, 1.165) is 5.56 Å². The Balaban J connectivity index is 1.67. The first kappa shape index (κ1) is 16.0. The summed E-state index contributed by atoms with van der Waals surface area (Å²) in [4.78, 5) is 19.7. The molecule has 0 atom stereocenters. The van der Waals surface area contributed by atoms with Crippen molar-refractivity contribution < 1.29 is 9.32 Å². The Morgan fingerprint density at radius 2 is 1.88 bits per heavy atom. The van der Waals surface area contributed by atoms with Gasteiger partial charge in [-0.05, 0) is 25.1 Å². The molecule has 25 heavy (non-hydrogen) atoms. The maximum atomic E-state index is 11.9. The highest BCUT2D eigenvalue weighted by atomic mass is 16.5. The third-order valence-corrected chi connectivity index (χ3v) is 3.01. The first-order chi connectivity index (χ1) is 12.1. The molecule has 0 saturated carbocycles. The molecule has 8 nitrogen and oxygen atoms in total. The highest BCUT2D eigenvalue weighted by molar-refractivity contribution is 5.98. The third kappa shape index (κ3) is 4.56. The highest BCUT2D eigenvalue weighted by Crippen LogP contribution is 2.12.